The van der Waals surface area contributed by atoms with Gasteiger partial charge in [0.2, 0.25) is 5.91 Å². The molecule has 0 bridgehead atoms. The van der Waals surface area contributed by atoms with Gasteiger partial charge >= 0.3 is 5.97 Å². The standard InChI is InChI=1S/C26H41N3O4/c1-16(2)20(14-17(3)25(32)33)28-15-21(30)23(26(5,6)7)29-24(31)22(27-8)18(4)19-12-10-9-11-13-19/h9-14,16,18,20,22-23,27-28H,15H2,1-8H3,(H,29,31)(H,32,33)/b17-14+. The molecule has 0 heterocycles. The molecule has 33 heavy (non-hydrogen) atoms. The number of likely N-dealkylation sites (N-methyl/N-ethyl adjacent to an activating group) is 1. The van der Waals surface area contributed by atoms with Crippen LogP contribution in [0.4, 0.5) is 0 Å². The van der Waals surface area contributed by atoms with Gasteiger partial charge in [-0.3, -0.25) is 9.59 Å². The fourth-order valence-corrected chi connectivity index (χ4v) is 3.72. The number of amides is 1. The third kappa shape index (κ3) is 8.74. The number of aliphatic carboxylic acids is 1. The minimum atomic E-state index is -0.987. The van der Waals surface area contributed by atoms with Crippen molar-refractivity contribution in [3.63, 3.8) is 0 Å². The van der Waals surface area contributed by atoms with Crippen LogP contribution >= 0.6 is 0 Å². The Balaban J connectivity index is 2.98. The second-order valence-corrected chi connectivity index (χ2v) is 10.0. The van der Waals surface area contributed by atoms with E-state index in [1.807, 2.05) is 71.9 Å². The summed E-state index contributed by atoms with van der Waals surface area (Å²) in [6, 6.07) is 8.31. The van der Waals surface area contributed by atoms with Crippen molar-refractivity contribution in [2.24, 2.45) is 11.3 Å². The van der Waals surface area contributed by atoms with Crippen LogP contribution < -0.4 is 16.0 Å². The number of carboxylic acids is 1. The van der Waals surface area contributed by atoms with Gasteiger partial charge in [-0.1, -0.05) is 78.0 Å². The van der Waals surface area contributed by atoms with E-state index >= 15 is 0 Å². The number of ketones is 1. The van der Waals surface area contributed by atoms with Crippen molar-refractivity contribution in [3.8, 4) is 0 Å². The Morgan fingerprint density at radius 1 is 1.06 bits per heavy atom. The van der Waals surface area contributed by atoms with E-state index in [1.54, 1.807) is 13.1 Å². The molecule has 0 aliphatic rings. The number of benzene rings is 1. The van der Waals surface area contributed by atoms with E-state index in [2.05, 4.69) is 16.0 Å². The average Bonchev–Trinajstić information content (AvgIpc) is 2.74. The summed E-state index contributed by atoms with van der Waals surface area (Å²) in [7, 11) is 1.74. The zero-order valence-electron chi connectivity index (χ0n) is 21.2. The smallest absolute Gasteiger partial charge is 0.331 e. The molecule has 0 saturated carbocycles. The third-order valence-corrected chi connectivity index (χ3v) is 5.89. The lowest BCUT2D eigenvalue weighted by molar-refractivity contribution is -0.132. The van der Waals surface area contributed by atoms with Gasteiger partial charge in [0.25, 0.3) is 0 Å². The van der Waals surface area contributed by atoms with Crippen LogP contribution in [0.5, 0.6) is 0 Å². The summed E-state index contributed by atoms with van der Waals surface area (Å²) in [6.45, 7) is 13.2. The second kappa shape index (κ2) is 12.7. The van der Waals surface area contributed by atoms with Crippen LogP contribution in [0.15, 0.2) is 42.0 Å². The van der Waals surface area contributed by atoms with Crippen molar-refractivity contribution in [2.45, 2.75) is 72.5 Å². The van der Waals surface area contributed by atoms with Crippen molar-refractivity contribution in [1.82, 2.24) is 16.0 Å². The van der Waals surface area contributed by atoms with Crippen molar-refractivity contribution >= 4 is 17.7 Å². The van der Waals surface area contributed by atoms with Crippen LogP contribution in [0, 0.1) is 11.3 Å². The maximum absolute atomic E-state index is 13.2. The van der Waals surface area contributed by atoms with Crippen LogP contribution in [-0.4, -0.2) is 54.5 Å². The Bertz CT molecular complexity index is 828. The highest BCUT2D eigenvalue weighted by atomic mass is 16.4. The SMILES string of the molecule is CNC(C(=O)NC(C(=O)CNC(/C=C(\C)C(=O)O)C(C)C)C(C)(C)C)C(C)c1ccccc1. The largest absolute Gasteiger partial charge is 0.478 e. The first-order valence-electron chi connectivity index (χ1n) is 11.5. The van der Waals surface area contributed by atoms with Crippen molar-refractivity contribution in [2.75, 3.05) is 13.6 Å². The number of hydrogen-bond donors (Lipinski definition) is 4. The zero-order chi connectivity index (χ0) is 25.3. The molecule has 0 radical (unpaired) electrons. The summed E-state index contributed by atoms with van der Waals surface area (Å²) in [4.78, 5) is 37.6. The predicted octanol–water partition coefficient (Wildman–Crippen LogP) is 3.12. The number of carboxylic acid groups (broad SMARTS) is 1. The number of carbonyl (C=O) groups excluding carboxylic acids is 2. The highest BCUT2D eigenvalue weighted by Crippen LogP contribution is 2.23. The first kappa shape index (κ1) is 28.5. The number of carbonyl (C=O) groups is 3. The average molecular weight is 460 g/mol. The van der Waals surface area contributed by atoms with E-state index in [0.29, 0.717) is 0 Å². The Morgan fingerprint density at radius 3 is 2.09 bits per heavy atom. The maximum Gasteiger partial charge on any atom is 0.331 e. The number of Topliss-reactive ketones (excluding diaryl/α,β-unsaturated/α-hetero) is 1. The van der Waals surface area contributed by atoms with Gasteiger partial charge in [-0.25, -0.2) is 4.79 Å². The van der Waals surface area contributed by atoms with Gasteiger partial charge in [-0.2, -0.15) is 0 Å². The third-order valence-electron chi connectivity index (χ3n) is 5.89. The van der Waals surface area contributed by atoms with Gasteiger partial charge in [0.05, 0.1) is 18.6 Å². The minimum Gasteiger partial charge on any atom is -0.478 e. The molecule has 1 amide bonds. The van der Waals surface area contributed by atoms with Gasteiger partial charge < -0.3 is 21.1 Å². The normalized spacial score (nSPS) is 16.1. The topological polar surface area (TPSA) is 108 Å². The molecule has 4 unspecified atom stereocenters. The maximum atomic E-state index is 13.2. The van der Waals surface area contributed by atoms with Gasteiger partial charge in [-0.05, 0) is 30.9 Å². The van der Waals surface area contributed by atoms with Crippen molar-refractivity contribution < 1.29 is 19.5 Å². The molecule has 0 saturated heterocycles. The van der Waals surface area contributed by atoms with Gasteiger partial charge in [-0.15, -0.1) is 0 Å². The molecule has 1 rings (SSSR count). The number of rotatable bonds is 12. The van der Waals surface area contributed by atoms with Crippen molar-refractivity contribution in [1.29, 1.82) is 0 Å². The summed E-state index contributed by atoms with van der Waals surface area (Å²) >= 11 is 0. The molecule has 184 valence electrons. The Kier molecular flexibility index (Phi) is 10.9. The van der Waals surface area contributed by atoms with Crippen LogP contribution in [-0.2, 0) is 14.4 Å². The van der Waals surface area contributed by atoms with E-state index in [0.717, 1.165) is 5.56 Å². The quantitative estimate of drug-likeness (QED) is 0.358. The van der Waals surface area contributed by atoms with E-state index in [4.69, 9.17) is 0 Å². The highest BCUT2D eigenvalue weighted by molar-refractivity contribution is 5.93. The molecule has 4 N–H and O–H groups in total. The summed E-state index contributed by atoms with van der Waals surface area (Å²) < 4.78 is 0. The molecule has 4 atom stereocenters. The molecule has 7 nitrogen and oxygen atoms in total. The monoisotopic (exact) mass is 459 g/mol. The van der Waals surface area contributed by atoms with Gasteiger partial charge in [0.15, 0.2) is 5.78 Å². The Hall–Kier alpha value is -2.51. The first-order chi connectivity index (χ1) is 15.3. The molecular weight excluding hydrogens is 418 g/mol. The summed E-state index contributed by atoms with van der Waals surface area (Å²) in [5.41, 5.74) is 0.761. The zero-order valence-corrected chi connectivity index (χ0v) is 21.2. The lowest BCUT2D eigenvalue weighted by atomic mass is 9.83. The molecule has 0 aliphatic heterocycles. The second-order valence-electron chi connectivity index (χ2n) is 10.0. The molecule has 0 aliphatic carbocycles. The molecule has 0 spiro atoms. The molecule has 0 fully saturated rings. The van der Waals surface area contributed by atoms with E-state index < -0.39 is 23.5 Å². The van der Waals surface area contributed by atoms with Crippen LogP contribution in [0.1, 0.15) is 59.9 Å². The number of hydrogen-bond acceptors (Lipinski definition) is 5. The molecule has 0 aromatic heterocycles. The summed E-state index contributed by atoms with van der Waals surface area (Å²) in [6.07, 6.45) is 1.63. The minimum absolute atomic E-state index is 0.0208. The van der Waals surface area contributed by atoms with Gasteiger partial charge in [0, 0.05) is 17.5 Å². The molecule has 7 heteroatoms. The molecule has 1 aromatic carbocycles. The number of nitrogens with one attached hydrogen (secondary N) is 3. The Morgan fingerprint density at radius 2 is 1.64 bits per heavy atom. The molecule has 1 aromatic rings. The van der Waals surface area contributed by atoms with Crippen LogP contribution in [0.2, 0.25) is 0 Å². The highest BCUT2D eigenvalue weighted by Gasteiger charge is 2.35. The van der Waals surface area contributed by atoms with Crippen LogP contribution in [0.3, 0.4) is 0 Å². The van der Waals surface area contributed by atoms with E-state index in [1.165, 1.54) is 6.92 Å². The summed E-state index contributed by atoms with van der Waals surface area (Å²) in [5.74, 6) is -1.36. The Labute approximate surface area is 198 Å². The van der Waals surface area contributed by atoms with Crippen LogP contribution in [0.25, 0.3) is 0 Å². The van der Waals surface area contributed by atoms with E-state index in [9.17, 15) is 19.5 Å². The lowest BCUT2D eigenvalue weighted by Crippen LogP contribution is -2.57. The predicted molar refractivity (Wildman–Crippen MR) is 132 cm³/mol. The lowest BCUT2D eigenvalue weighted by Gasteiger charge is -2.33. The first-order valence-corrected chi connectivity index (χ1v) is 11.5. The van der Waals surface area contributed by atoms with E-state index in [-0.39, 0.29) is 41.7 Å². The van der Waals surface area contributed by atoms with Gasteiger partial charge in [0.1, 0.15) is 0 Å². The van der Waals surface area contributed by atoms with Crippen molar-refractivity contribution in [3.05, 3.63) is 47.5 Å². The fourth-order valence-electron chi connectivity index (χ4n) is 3.72. The fraction of sp³-hybridized carbons (Fsp3) is 0.577. The summed E-state index contributed by atoms with van der Waals surface area (Å²) in [5, 5.41) is 18.4. The molecular formula is C26H41N3O4.